The van der Waals surface area contributed by atoms with E-state index < -0.39 is 6.10 Å². The second-order valence-electron chi connectivity index (χ2n) is 2.63. The Morgan fingerprint density at radius 3 is 2.92 bits per heavy atom. The summed E-state index contributed by atoms with van der Waals surface area (Å²) < 4.78 is 1.61. The Morgan fingerprint density at radius 1 is 1.83 bits per heavy atom. The fourth-order valence-electron chi connectivity index (χ4n) is 0.931. The summed E-state index contributed by atoms with van der Waals surface area (Å²) in [6, 6.07) is 0. The van der Waals surface area contributed by atoms with Gasteiger partial charge in [0.05, 0.1) is 23.7 Å². The van der Waals surface area contributed by atoms with Gasteiger partial charge in [0.15, 0.2) is 0 Å². The van der Waals surface area contributed by atoms with Gasteiger partial charge in [-0.3, -0.25) is 0 Å². The minimum Gasteiger partial charge on any atom is -0.391 e. The number of hydrogen-bond donors (Lipinski definition) is 2. The molecule has 0 bridgehead atoms. The standard InChI is InChI=1S/C7H13N3OS/c1-5(11)4-10-7(8)6(12-2)3-9-10/h3,5,11H,4,8H2,1-2H3. The van der Waals surface area contributed by atoms with Crippen LogP contribution in [0.1, 0.15) is 6.92 Å². The van der Waals surface area contributed by atoms with Crippen molar-refractivity contribution in [3.05, 3.63) is 6.20 Å². The molecular weight excluding hydrogens is 174 g/mol. The van der Waals surface area contributed by atoms with Crippen molar-refractivity contribution in [3.8, 4) is 0 Å². The van der Waals surface area contributed by atoms with Crippen molar-refractivity contribution in [1.82, 2.24) is 9.78 Å². The first-order chi connectivity index (χ1) is 5.65. The molecule has 0 aliphatic heterocycles. The Hall–Kier alpha value is -0.680. The van der Waals surface area contributed by atoms with E-state index in [1.54, 1.807) is 29.6 Å². The highest BCUT2D eigenvalue weighted by molar-refractivity contribution is 7.98. The molecule has 4 nitrogen and oxygen atoms in total. The van der Waals surface area contributed by atoms with Crippen LogP contribution in [0.2, 0.25) is 0 Å². The molecule has 1 unspecified atom stereocenters. The van der Waals surface area contributed by atoms with Crippen LogP contribution in [0.25, 0.3) is 0 Å². The maximum Gasteiger partial charge on any atom is 0.135 e. The number of aliphatic hydroxyl groups is 1. The average Bonchev–Trinajstić information content (AvgIpc) is 2.32. The summed E-state index contributed by atoms with van der Waals surface area (Å²) >= 11 is 1.55. The van der Waals surface area contributed by atoms with Crippen LogP contribution in [-0.2, 0) is 6.54 Å². The number of anilines is 1. The van der Waals surface area contributed by atoms with E-state index >= 15 is 0 Å². The highest BCUT2D eigenvalue weighted by atomic mass is 32.2. The molecule has 0 aromatic carbocycles. The van der Waals surface area contributed by atoms with E-state index in [1.807, 2.05) is 6.26 Å². The number of thioether (sulfide) groups is 1. The van der Waals surface area contributed by atoms with Gasteiger partial charge in [-0.25, -0.2) is 4.68 Å². The number of hydrogen-bond acceptors (Lipinski definition) is 4. The van der Waals surface area contributed by atoms with E-state index in [0.717, 1.165) is 4.90 Å². The highest BCUT2D eigenvalue weighted by Gasteiger charge is 2.07. The lowest BCUT2D eigenvalue weighted by Gasteiger charge is -2.06. The number of nitrogens with zero attached hydrogens (tertiary/aromatic N) is 2. The van der Waals surface area contributed by atoms with Crippen molar-refractivity contribution in [1.29, 1.82) is 0 Å². The molecule has 0 saturated carbocycles. The van der Waals surface area contributed by atoms with Gasteiger partial charge < -0.3 is 10.8 Å². The lowest BCUT2D eigenvalue weighted by Crippen LogP contribution is -2.14. The van der Waals surface area contributed by atoms with E-state index in [9.17, 15) is 0 Å². The number of aromatic nitrogens is 2. The van der Waals surface area contributed by atoms with Crippen molar-refractivity contribution in [2.75, 3.05) is 12.0 Å². The van der Waals surface area contributed by atoms with Gasteiger partial charge in [0.25, 0.3) is 0 Å². The molecule has 1 atom stereocenters. The van der Waals surface area contributed by atoms with Crippen molar-refractivity contribution in [2.45, 2.75) is 24.5 Å². The predicted octanol–water partition coefficient (Wildman–Crippen LogP) is 0.568. The average molecular weight is 187 g/mol. The van der Waals surface area contributed by atoms with Crippen molar-refractivity contribution in [3.63, 3.8) is 0 Å². The molecule has 68 valence electrons. The molecule has 0 aliphatic rings. The summed E-state index contributed by atoms with van der Waals surface area (Å²) in [5, 5.41) is 13.1. The first-order valence-corrected chi connectivity index (χ1v) is 4.91. The topological polar surface area (TPSA) is 64.1 Å². The first kappa shape index (κ1) is 9.41. The van der Waals surface area contributed by atoms with Crippen LogP contribution >= 0.6 is 11.8 Å². The molecule has 1 aromatic heterocycles. The van der Waals surface area contributed by atoms with Crippen LogP contribution in [0.5, 0.6) is 0 Å². The molecule has 0 spiro atoms. The molecule has 1 rings (SSSR count). The number of nitrogens with two attached hydrogens (primary N) is 1. The summed E-state index contributed by atoms with van der Waals surface area (Å²) in [5.74, 6) is 0.628. The van der Waals surface area contributed by atoms with Crippen LogP contribution in [0.15, 0.2) is 11.1 Å². The van der Waals surface area contributed by atoms with Gasteiger partial charge in [-0.1, -0.05) is 0 Å². The van der Waals surface area contributed by atoms with Gasteiger partial charge in [0.2, 0.25) is 0 Å². The molecule has 0 saturated heterocycles. The molecule has 1 aromatic rings. The summed E-state index contributed by atoms with van der Waals surface area (Å²) in [7, 11) is 0. The van der Waals surface area contributed by atoms with Crippen LogP contribution in [-0.4, -0.2) is 27.2 Å². The van der Waals surface area contributed by atoms with E-state index in [2.05, 4.69) is 5.10 Å². The van der Waals surface area contributed by atoms with E-state index in [1.165, 1.54) is 0 Å². The fourth-order valence-corrected chi connectivity index (χ4v) is 1.40. The third kappa shape index (κ3) is 1.92. The van der Waals surface area contributed by atoms with Crippen molar-refractivity contribution >= 4 is 17.6 Å². The minimum absolute atomic E-state index is 0.415. The Bertz CT molecular complexity index is 259. The van der Waals surface area contributed by atoms with E-state index in [4.69, 9.17) is 10.8 Å². The van der Waals surface area contributed by atoms with Gasteiger partial charge >= 0.3 is 0 Å². The lowest BCUT2D eigenvalue weighted by molar-refractivity contribution is 0.169. The molecule has 0 amide bonds. The molecule has 0 aliphatic carbocycles. The van der Waals surface area contributed by atoms with Crippen LogP contribution in [0.4, 0.5) is 5.82 Å². The molecule has 0 fully saturated rings. The van der Waals surface area contributed by atoms with E-state index in [0.29, 0.717) is 12.4 Å². The van der Waals surface area contributed by atoms with Gasteiger partial charge in [-0.05, 0) is 13.2 Å². The maximum atomic E-state index is 9.09. The Labute approximate surface area is 75.8 Å². The minimum atomic E-state index is -0.415. The third-order valence-electron chi connectivity index (χ3n) is 1.50. The number of nitrogen functional groups attached to an aromatic ring is 1. The molecule has 3 N–H and O–H groups in total. The largest absolute Gasteiger partial charge is 0.391 e. The normalized spacial score (nSPS) is 13.2. The van der Waals surface area contributed by atoms with Gasteiger partial charge in [-0.2, -0.15) is 5.10 Å². The molecule has 1 heterocycles. The molecule has 0 radical (unpaired) electrons. The highest BCUT2D eigenvalue weighted by Crippen LogP contribution is 2.21. The molecule has 12 heavy (non-hydrogen) atoms. The molecule has 5 heteroatoms. The monoisotopic (exact) mass is 187 g/mol. The third-order valence-corrected chi connectivity index (χ3v) is 2.26. The van der Waals surface area contributed by atoms with Crippen LogP contribution < -0.4 is 5.73 Å². The van der Waals surface area contributed by atoms with Crippen LogP contribution in [0, 0.1) is 0 Å². The lowest BCUT2D eigenvalue weighted by atomic mass is 10.4. The predicted molar refractivity (Wildman–Crippen MR) is 50.1 cm³/mol. The fraction of sp³-hybridized carbons (Fsp3) is 0.571. The molecular formula is C7H13N3OS. The Morgan fingerprint density at radius 2 is 2.50 bits per heavy atom. The SMILES string of the molecule is CSc1cnn(CC(C)O)c1N. The summed E-state index contributed by atoms with van der Waals surface area (Å²) in [6.45, 7) is 2.16. The van der Waals surface area contributed by atoms with Gasteiger partial charge in [0.1, 0.15) is 5.82 Å². The first-order valence-electron chi connectivity index (χ1n) is 3.68. The zero-order chi connectivity index (χ0) is 9.14. The van der Waals surface area contributed by atoms with Gasteiger partial charge in [0, 0.05) is 0 Å². The van der Waals surface area contributed by atoms with Crippen molar-refractivity contribution < 1.29 is 5.11 Å². The Balaban J connectivity index is 2.80. The quantitative estimate of drug-likeness (QED) is 0.679. The second-order valence-corrected chi connectivity index (χ2v) is 3.48. The van der Waals surface area contributed by atoms with E-state index in [-0.39, 0.29) is 0 Å². The number of rotatable bonds is 3. The summed E-state index contributed by atoms with van der Waals surface area (Å²) in [4.78, 5) is 0.954. The van der Waals surface area contributed by atoms with Gasteiger partial charge in [-0.15, -0.1) is 11.8 Å². The Kier molecular flexibility index (Phi) is 2.99. The smallest absolute Gasteiger partial charge is 0.135 e. The summed E-state index contributed by atoms with van der Waals surface area (Å²) in [6.07, 6.45) is 3.24. The number of aliphatic hydroxyl groups excluding tert-OH is 1. The van der Waals surface area contributed by atoms with Crippen LogP contribution in [0.3, 0.4) is 0 Å². The zero-order valence-electron chi connectivity index (χ0n) is 7.19. The summed E-state index contributed by atoms with van der Waals surface area (Å²) in [5.41, 5.74) is 5.73. The van der Waals surface area contributed by atoms with Crippen molar-refractivity contribution in [2.24, 2.45) is 0 Å². The maximum absolute atomic E-state index is 9.09. The zero-order valence-corrected chi connectivity index (χ0v) is 8.01. The second kappa shape index (κ2) is 3.82.